The van der Waals surface area contributed by atoms with Crippen LogP contribution in [0, 0.1) is 15.9 Å². The minimum absolute atomic E-state index is 0.0236. The van der Waals surface area contributed by atoms with E-state index in [0.717, 1.165) is 37.0 Å². The summed E-state index contributed by atoms with van der Waals surface area (Å²) < 4.78 is 52.0. The number of rotatable bonds is 5. The largest absolute Gasteiger partial charge is 0.451 e. The molecule has 140 valence electrons. The lowest BCUT2D eigenvalue weighted by Crippen LogP contribution is -2.23. The van der Waals surface area contributed by atoms with Gasteiger partial charge in [0, 0.05) is 18.8 Å². The Morgan fingerprint density at radius 3 is 2.58 bits per heavy atom. The molecular formula is C13H11F4N5O3S. The molecule has 0 saturated heterocycles. The fourth-order valence-corrected chi connectivity index (χ4v) is 2.66. The monoisotopic (exact) mass is 393 g/mol. The van der Waals surface area contributed by atoms with Gasteiger partial charge in [0.1, 0.15) is 0 Å². The van der Waals surface area contributed by atoms with Crippen LogP contribution in [0.2, 0.25) is 0 Å². The first-order chi connectivity index (χ1) is 12.0. The van der Waals surface area contributed by atoms with E-state index in [1.165, 1.54) is 6.92 Å². The van der Waals surface area contributed by atoms with E-state index < -0.39 is 39.6 Å². The summed E-state index contributed by atoms with van der Waals surface area (Å²) in [5, 5.41) is 18.4. The number of hydrogen-bond acceptors (Lipinski definition) is 6. The molecule has 13 heteroatoms. The molecule has 2 aromatic rings. The molecule has 1 aromatic heterocycles. The number of anilines is 1. The zero-order valence-electron chi connectivity index (χ0n) is 13.2. The first-order valence-corrected chi connectivity index (χ1v) is 7.76. The van der Waals surface area contributed by atoms with Crippen molar-refractivity contribution in [2.75, 3.05) is 5.32 Å². The first-order valence-electron chi connectivity index (χ1n) is 6.88. The molecule has 0 aliphatic heterocycles. The quantitative estimate of drug-likeness (QED) is 0.363. The van der Waals surface area contributed by atoms with Gasteiger partial charge < -0.3 is 9.88 Å². The van der Waals surface area contributed by atoms with Crippen LogP contribution in [0.1, 0.15) is 12.7 Å². The molecule has 0 aliphatic rings. The standard InChI is InChI=1S/C13H11F4N5O3S/c1-6(26-12-20-19-11(21(12)2)13(15,16)17)10(23)18-7-3-4-8(14)9(5-7)22(24)25/h3-6H,1-2H3,(H,18,23)/t6-/m0/s1. The molecule has 1 amide bonds. The second-order valence-corrected chi connectivity index (χ2v) is 6.34. The number of benzene rings is 1. The third kappa shape index (κ3) is 4.28. The molecule has 1 aromatic carbocycles. The minimum Gasteiger partial charge on any atom is -0.325 e. The first kappa shape index (κ1) is 19.6. The summed E-state index contributed by atoms with van der Waals surface area (Å²) in [6, 6.07) is 2.79. The molecule has 2 rings (SSSR count). The van der Waals surface area contributed by atoms with Crippen molar-refractivity contribution in [2.45, 2.75) is 23.5 Å². The van der Waals surface area contributed by atoms with E-state index in [9.17, 15) is 32.5 Å². The average Bonchev–Trinajstić information content (AvgIpc) is 2.89. The number of nitrogens with one attached hydrogen (secondary N) is 1. The van der Waals surface area contributed by atoms with Gasteiger partial charge in [-0.15, -0.1) is 10.2 Å². The molecule has 0 aliphatic carbocycles. The van der Waals surface area contributed by atoms with Gasteiger partial charge in [-0.2, -0.15) is 17.6 Å². The number of hydrogen-bond donors (Lipinski definition) is 1. The van der Waals surface area contributed by atoms with Crippen molar-refractivity contribution in [1.82, 2.24) is 14.8 Å². The van der Waals surface area contributed by atoms with E-state index >= 15 is 0 Å². The van der Waals surface area contributed by atoms with Crippen LogP contribution < -0.4 is 5.32 Å². The number of nitrogens with zero attached hydrogens (tertiary/aromatic N) is 4. The maximum Gasteiger partial charge on any atom is 0.451 e. The number of nitro benzene ring substituents is 1. The van der Waals surface area contributed by atoms with Gasteiger partial charge in [-0.3, -0.25) is 14.9 Å². The zero-order chi connectivity index (χ0) is 19.6. The number of thioether (sulfide) groups is 1. The van der Waals surface area contributed by atoms with E-state index in [4.69, 9.17) is 0 Å². The Hall–Kier alpha value is -2.70. The van der Waals surface area contributed by atoms with Gasteiger partial charge in [0.15, 0.2) is 5.16 Å². The van der Waals surface area contributed by atoms with Crippen molar-refractivity contribution in [1.29, 1.82) is 0 Å². The normalized spacial score (nSPS) is 12.7. The van der Waals surface area contributed by atoms with Crippen LogP contribution in [0.15, 0.2) is 23.4 Å². The Morgan fingerprint density at radius 1 is 1.38 bits per heavy atom. The summed E-state index contributed by atoms with van der Waals surface area (Å²) in [4.78, 5) is 21.9. The van der Waals surface area contributed by atoms with Gasteiger partial charge >= 0.3 is 11.9 Å². The Kier molecular flexibility index (Phi) is 5.49. The molecule has 0 saturated carbocycles. The number of halogens is 4. The van der Waals surface area contributed by atoms with Crippen molar-refractivity contribution in [2.24, 2.45) is 7.05 Å². The van der Waals surface area contributed by atoms with Gasteiger partial charge in [-0.25, -0.2) is 0 Å². The highest BCUT2D eigenvalue weighted by atomic mass is 32.2. The average molecular weight is 393 g/mol. The number of alkyl halides is 3. The highest BCUT2D eigenvalue weighted by Gasteiger charge is 2.38. The molecule has 0 spiro atoms. The molecule has 1 heterocycles. The number of carbonyl (C=O) groups excluding carboxylic acids is 1. The Balaban J connectivity index is 2.10. The van der Waals surface area contributed by atoms with Gasteiger partial charge in [0.25, 0.3) is 0 Å². The van der Waals surface area contributed by atoms with Gasteiger partial charge in [-0.1, -0.05) is 11.8 Å². The van der Waals surface area contributed by atoms with Crippen LogP contribution in [-0.2, 0) is 18.0 Å². The summed E-state index contributed by atoms with van der Waals surface area (Å²) in [6.07, 6.45) is -4.68. The lowest BCUT2D eigenvalue weighted by atomic mass is 10.2. The van der Waals surface area contributed by atoms with Gasteiger partial charge in [0.2, 0.25) is 17.5 Å². The van der Waals surface area contributed by atoms with E-state index in [-0.39, 0.29) is 10.8 Å². The van der Waals surface area contributed by atoms with Crippen LogP contribution in [-0.4, -0.2) is 30.8 Å². The maximum atomic E-state index is 13.3. The molecule has 0 radical (unpaired) electrons. The van der Waals surface area contributed by atoms with Crippen LogP contribution in [0.5, 0.6) is 0 Å². The summed E-state index contributed by atoms with van der Waals surface area (Å²) in [7, 11) is 1.11. The Labute approximate surface area is 147 Å². The SMILES string of the molecule is C[C@H](Sc1nnc(C(F)(F)F)n1C)C(=O)Nc1ccc(F)c([N+](=O)[O-])c1. The van der Waals surface area contributed by atoms with Crippen LogP contribution >= 0.6 is 11.8 Å². The van der Waals surface area contributed by atoms with E-state index in [2.05, 4.69) is 15.5 Å². The molecule has 8 nitrogen and oxygen atoms in total. The topological polar surface area (TPSA) is 103 Å². The highest BCUT2D eigenvalue weighted by molar-refractivity contribution is 8.00. The van der Waals surface area contributed by atoms with Gasteiger partial charge in [0.05, 0.1) is 10.2 Å². The lowest BCUT2D eigenvalue weighted by molar-refractivity contribution is -0.387. The second-order valence-electron chi connectivity index (χ2n) is 5.04. The lowest BCUT2D eigenvalue weighted by Gasteiger charge is -2.12. The zero-order valence-corrected chi connectivity index (χ0v) is 14.1. The molecular weight excluding hydrogens is 382 g/mol. The number of amides is 1. The summed E-state index contributed by atoms with van der Waals surface area (Å²) >= 11 is 0.717. The molecule has 0 unspecified atom stereocenters. The molecule has 0 bridgehead atoms. The predicted molar refractivity (Wildman–Crippen MR) is 83.0 cm³/mol. The third-order valence-electron chi connectivity index (χ3n) is 3.15. The van der Waals surface area contributed by atoms with E-state index in [1.807, 2.05) is 0 Å². The van der Waals surface area contributed by atoms with Crippen molar-refractivity contribution < 1.29 is 27.3 Å². The van der Waals surface area contributed by atoms with Crippen LogP contribution in [0.3, 0.4) is 0 Å². The summed E-state index contributed by atoms with van der Waals surface area (Å²) in [6.45, 7) is 1.40. The third-order valence-corrected chi connectivity index (χ3v) is 4.28. The smallest absolute Gasteiger partial charge is 0.325 e. The second kappa shape index (κ2) is 7.27. The summed E-state index contributed by atoms with van der Waals surface area (Å²) in [5.41, 5.74) is -0.837. The van der Waals surface area contributed by atoms with E-state index in [0.29, 0.717) is 4.57 Å². The molecule has 0 fully saturated rings. The molecule has 1 atom stereocenters. The maximum absolute atomic E-state index is 13.3. The Morgan fingerprint density at radius 2 is 2.04 bits per heavy atom. The number of aromatic nitrogens is 3. The van der Waals surface area contributed by atoms with Crippen molar-refractivity contribution in [3.63, 3.8) is 0 Å². The summed E-state index contributed by atoms with van der Waals surface area (Å²) in [5.74, 6) is -2.93. The fraction of sp³-hybridized carbons (Fsp3) is 0.308. The van der Waals surface area contributed by atoms with Crippen molar-refractivity contribution >= 4 is 29.0 Å². The number of nitro groups is 1. The van der Waals surface area contributed by atoms with Crippen LogP contribution in [0.25, 0.3) is 0 Å². The fourth-order valence-electron chi connectivity index (χ4n) is 1.85. The predicted octanol–water partition coefficient (Wildman–Crippen LogP) is 3.00. The molecule has 1 N–H and O–H groups in total. The van der Waals surface area contributed by atoms with Crippen LogP contribution in [0.4, 0.5) is 28.9 Å². The van der Waals surface area contributed by atoms with E-state index in [1.54, 1.807) is 0 Å². The highest BCUT2D eigenvalue weighted by Crippen LogP contribution is 2.31. The van der Waals surface area contributed by atoms with Gasteiger partial charge in [-0.05, 0) is 19.1 Å². The van der Waals surface area contributed by atoms with Crippen molar-refractivity contribution in [3.8, 4) is 0 Å². The Bertz CT molecular complexity index is 855. The number of carbonyl (C=O) groups is 1. The van der Waals surface area contributed by atoms with Crippen molar-refractivity contribution in [3.05, 3.63) is 40.0 Å². The molecule has 26 heavy (non-hydrogen) atoms. The minimum atomic E-state index is -4.68.